The van der Waals surface area contributed by atoms with E-state index in [4.69, 9.17) is 11.6 Å². The lowest BCUT2D eigenvalue weighted by Crippen LogP contribution is -2.48. The predicted molar refractivity (Wildman–Crippen MR) is 77.0 cm³/mol. The van der Waals surface area contributed by atoms with Gasteiger partial charge in [-0.15, -0.1) is 0 Å². The smallest absolute Gasteiger partial charge is 0.123 e. The van der Waals surface area contributed by atoms with E-state index < -0.39 is 6.10 Å². The van der Waals surface area contributed by atoms with Crippen LogP contribution in [0.1, 0.15) is 50.2 Å². The van der Waals surface area contributed by atoms with Crippen molar-refractivity contribution in [2.75, 3.05) is 0 Å². The first kappa shape index (κ1) is 13.1. The molecule has 1 unspecified atom stereocenters. The van der Waals surface area contributed by atoms with Gasteiger partial charge < -0.3 is 5.11 Å². The van der Waals surface area contributed by atoms with Gasteiger partial charge in [0.05, 0.1) is 6.10 Å². The molecule has 0 radical (unpaired) electrons. The van der Waals surface area contributed by atoms with E-state index in [0.29, 0.717) is 10.6 Å². The maximum atomic E-state index is 13.5. The Morgan fingerprint density at radius 1 is 1.10 bits per heavy atom. The Hall–Kier alpha value is -0.600. The third-order valence-corrected chi connectivity index (χ3v) is 6.26. The lowest BCUT2D eigenvalue weighted by Gasteiger charge is -2.58. The van der Waals surface area contributed by atoms with Crippen LogP contribution in [0.25, 0.3) is 0 Å². The number of benzene rings is 1. The first-order valence-corrected chi connectivity index (χ1v) is 8.06. The van der Waals surface area contributed by atoms with Crippen LogP contribution in [0.15, 0.2) is 18.2 Å². The highest BCUT2D eigenvalue weighted by Crippen LogP contribution is 2.64. The summed E-state index contributed by atoms with van der Waals surface area (Å²) in [5.41, 5.74) is 0.542. The first-order valence-electron chi connectivity index (χ1n) is 7.69. The second kappa shape index (κ2) is 4.45. The summed E-state index contributed by atoms with van der Waals surface area (Å²) < 4.78 is 13.5. The monoisotopic (exact) mass is 294 g/mol. The van der Waals surface area contributed by atoms with E-state index in [1.165, 1.54) is 31.4 Å². The van der Waals surface area contributed by atoms with Crippen LogP contribution in [-0.2, 0) is 0 Å². The van der Waals surface area contributed by atoms with Crippen molar-refractivity contribution < 1.29 is 9.50 Å². The van der Waals surface area contributed by atoms with Crippen molar-refractivity contribution in [1.29, 1.82) is 0 Å². The van der Waals surface area contributed by atoms with Gasteiger partial charge in [-0.2, -0.15) is 0 Å². The molecule has 0 saturated heterocycles. The highest BCUT2D eigenvalue weighted by Gasteiger charge is 2.54. The molecule has 20 heavy (non-hydrogen) atoms. The minimum absolute atomic E-state index is 0.0494. The fraction of sp³-hybridized carbons (Fsp3) is 0.647. The van der Waals surface area contributed by atoms with Crippen molar-refractivity contribution in [3.8, 4) is 0 Å². The number of aliphatic hydroxyl groups is 1. The molecule has 4 fully saturated rings. The van der Waals surface area contributed by atoms with Crippen molar-refractivity contribution >= 4 is 11.6 Å². The van der Waals surface area contributed by atoms with Gasteiger partial charge in [0.15, 0.2) is 0 Å². The molecule has 1 N–H and O–H groups in total. The van der Waals surface area contributed by atoms with Gasteiger partial charge in [-0.05, 0) is 74.5 Å². The molecule has 4 aliphatic carbocycles. The Bertz CT molecular complexity index is 507. The van der Waals surface area contributed by atoms with Crippen LogP contribution in [0, 0.1) is 29.0 Å². The van der Waals surface area contributed by atoms with E-state index in [2.05, 4.69) is 0 Å². The molecule has 0 amide bonds. The zero-order chi connectivity index (χ0) is 13.9. The molecule has 4 aliphatic rings. The van der Waals surface area contributed by atoms with Crippen LogP contribution in [0.4, 0.5) is 4.39 Å². The van der Waals surface area contributed by atoms with Gasteiger partial charge in [0.2, 0.25) is 0 Å². The molecule has 0 spiro atoms. The van der Waals surface area contributed by atoms with Crippen molar-refractivity contribution in [2.45, 2.75) is 44.6 Å². The molecule has 1 aromatic carbocycles. The van der Waals surface area contributed by atoms with Gasteiger partial charge in [-0.25, -0.2) is 4.39 Å². The van der Waals surface area contributed by atoms with E-state index in [1.54, 1.807) is 6.07 Å². The Morgan fingerprint density at radius 3 is 2.20 bits per heavy atom. The van der Waals surface area contributed by atoms with E-state index in [0.717, 1.165) is 37.0 Å². The number of rotatable bonds is 2. The van der Waals surface area contributed by atoms with Gasteiger partial charge in [-0.1, -0.05) is 11.6 Å². The molecule has 5 rings (SSSR count). The maximum absolute atomic E-state index is 13.5. The Morgan fingerprint density at radius 2 is 1.65 bits per heavy atom. The quantitative estimate of drug-likeness (QED) is 0.836. The third kappa shape index (κ3) is 1.92. The molecular weight excluding hydrogens is 275 g/mol. The summed E-state index contributed by atoms with van der Waals surface area (Å²) >= 11 is 6.20. The molecule has 1 nitrogen and oxygen atoms in total. The van der Waals surface area contributed by atoms with Crippen LogP contribution in [-0.4, -0.2) is 5.11 Å². The van der Waals surface area contributed by atoms with Crippen LogP contribution >= 0.6 is 11.6 Å². The SMILES string of the molecule is OC(c1cc(F)ccc1Cl)C12CC3CC(CC(C3)C1)C2. The lowest BCUT2D eigenvalue weighted by molar-refractivity contribution is -0.122. The number of hydrogen-bond donors (Lipinski definition) is 1. The second-order valence-corrected chi connectivity index (χ2v) is 7.76. The van der Waals surface area contributed by atoms with Gasteiger partial charge in [0, 0.05) is 16.0 Å². The average Bonchev–Trinajstić information content (AvgIpc) is 2.39. The van der Waals surface area contributed by atoms with Crippen molar-refractivity contribution in [2.24, 2.45) is 23.2 Å². The Labute approximate surface area is 124 Å². The summed E-state index contributed by atoms with van der Waals surface area (Å²) in [6, 6.07) is 4.35. The van der Waals surface area contributed by atoms with E-state index >= 15 is 0 Å². The fourth-order valence-electron chi connectivity index (χ4n) is 5.57. The summed E-state index contributed by atoms with van der Waals surface area (Å²) in [6.45, 7) is 0. The zero-order valence-corrected chi connectivity index (χ0v) is 12.2. The summed E-state index contributed by atoms with van der Waals surface area (Å²) in [5, 5.41) is 11.4. The standard InChI is InChI=1S/C17H20ClFO/c18-15-2-1-13(19)6-14(15)16(20)17-7-10-3-11(8-17)5-12(4-10)9-17/h1-2,6,10-12,16,20H,3-5,7-9H2. The molecule has 1 atom stereocenters. The normalized spacial score (nSPS) is 40.0. The number of aliphatic hydroxyl groups excluding tert-OH is 1. The van der Waals surface area contributed by atoms with Crippen molar-refractivity contribution in [3.05, 3.63) is 34.6 Å². The van der Waals surface area contributed by atoms with Crippen LogP contribution in [0.3, 0.4) is 0 Å². The molecular formula is C17H20ClFO. The Balaban J connectivity index is 1.71. The molecule has 0 aliphatic heterocycles. The minimum Gasteiger partial charge on any atom is -0.388 e. The van der Waals surface area contributed by atoms with Gasteiger partial charge in [0.25, 0.3) is 0 Å². The molecule has 108 valence electrons. The zero-order valence-electron chi connectivity index (χ0n) is 11.5. The summed E-state index contributed by atoms with van der Waals surface area (Å²) in [5.74, 6) is 1.99. The predicted octanol–water partition coefficient (Wildman–Crippen LogP) is 4.73. The molecule has 4 bridgehead atoms. The van der Waals surface area contributed by atoms with Crippen LogP contribution in [0.5, 0.6) is 0 Å². The van der Waals surface area contributed by atoms with Crippen LogP contribution < -0.4 is 0 Å². The number of hydrogen-bond acceptors (Lipinski definition) is 1. The van der Waals surface area contributed by atoms with Gasteiger partial charge >= 0.3 is 0 Å². The maximum Gasteiger partial charge on any atom is 0.123 e. The minimum atomic E-state index is -0.612. The molecule has 0 aromatic heterocycles. The second-order valence-electron chi connectivity index (χ2n) is 7.35. The first-order chi connectivity index (χ1) is 9.56. The van der Waals surface area contributed by atoms with E-state index in [9.17, 15) is 9.50 Å². The Kier molecular flexibility index (Phi) is 2.91. The summed E-state index contributed by atoms with van der Waals surface area (Å²) in [4.78, 5) is 0. The highest BCUT2D eigenvalue weighted by atomic mass is 35.5. The highest BCUT2D eigenvalue weighted by molar-refractivity contribution is 6.31. The van der Waals surface area contributed by atoms with Gasteiger partial charge in [-0.3, -0.25) is 0 Å². The number of halogens is 2. The van der Waals surface area contributed by atoms with E-state index in [-0.39, 0.29) is 11.2 Å². The largest absolute Gasteiger partial charge is 0.388 e. The van der Waals surface area contributed by atoms with E-state index in [1.807, 2.05) is 0 Å². The average molecular weight is 295 g/mol. The fourth-order valence-corrected chi connectivity index (χ4v) is 5.79. The topological polar surface area (TPSA) is 20.2 Å². The summed E-state index contributed by atoms with van der Waals surface area (Å²) in [7, 11) is 0. The molecule has 3 heteroatoms. The van der Waals surface area contributed by atoms with Crippen molar-refractivity contribution in [1.82, 2.24) is 0 Å². The molecule has 1 aromatic rings. The van der Waals surface area contributed by atoms with Crippen LogP contribution in [0.2, 0.25) is 5.02 Å². The molecule has 0 heterocycles. The third-order valence-electron chi connectivity index (χ3n) is 5.92. The van der Waals surface area contributed by atoms with Crippen molar-refractivity contribution in [3.63, 3.8) is 0 Å². The van der Waals surface area contributed by atoms with Gasteiger partial charge in [0.1, 0.15) is 5.82 Å². The lowest BCUT2D eigenvalue weighted by atomic mass is 9.47. The summed E-state index contributed by atoms with van der Waals surface area (Å²) in [6.07, 6.45) is 6.67. The molecule has 4 saturated carbocycles.